The molecule has 0 aliphatic carbocycles. The summed E-state index contributed by atoms with van der Waals surface area (Å²) in [5.74, 6) is 0.616. The lowest BCUT2D eigenvalue weighted by Crippen LogP contribution is -2.20. The maximum absolute atomic E-state index is 12.3. The molecule has 0 atom stereocenters. The molecule has 0 saturated carbocycles. The molecule has 122 valence electrons. The van der Waals surface area contributed by atoms with Gasteiger partial charge in [-0.1, -0.05) is 0 Å². The van der Waals surface area contributed by atoms with Crippen molar-refractivity contribution in [2.24, 2.45) is 5.92 Å². The zero-order valence-corrected chi connectivity index (χ0v) is 13.1. The zero-order valence-electron chi connectivity index (χ0n) is 13.1. The second-order valence-corrected chi connectivity index (χ2v) is 5.52. The molecule has 0 aromatic carbocycles. The van der Waals surface area contributed by atoms with E-state index in [1.165, 1.54) is 7.11 Å². The van der Waals surface area contributed by atoms with E-state index in [9.17, 15) is 4.79 Å². The Kier molecular flexibility index (Phi) is 4.87. The van der Waals surface area contributed by atoms with Crippen LogP contribution in [0, 0.1) is 5.92 Å². The second kappa shape index (κ2) is 7.23. The third-order valence-electron chi connectivity index (χ3n) is 3.89. The predicted molar refractivity (Wildman–Crippen MR) is 84.5 cm³/mol. The number of hydrogen-bond acceptors (Lipinski definition) is 5. The summed E-state index contributed by atoms with van der Waals surface area (Å²) in [5.41, 5.74) is 1.06. The van der Waals surface area contributed by atoms with E-state index in [-0.39, 0.29) is 5.91 Å². The Morgan fingerprint density at radius 3 is 3.09 bits per heavy atom. The monoisotopic (exact) mass is 316 g/mol. The van der Waals surface area contributed by atoms with Crippen LogP contribution in [-0.2, 0) is 11.3 Å². The smallest absolute Gasteiger partial charge is 0.261 e. The highest BCUT2D eigenvalue weighted by Crippen LogP contribution is 2.19. The van der Waals surface area contributed by atoms with E-state index in [0.717, 1.165) is 32.6 Å². The molecule has 2 aromatic heterocycles. The lowest BCUT2D eigenvalue weighted by molar-refractivity contribution is 0.0601. The average Bonchev–Trinajstić information content (AvgIpc) is 3.02. The normalized spacial score (nSPS) is 15.3. The first-order chi connectivity index (χ1) is 11.3. The summed E-state index contributed by atoms with van der Waals surface area (Å²) in [5, 5.41) is 7.14. The van der Waals surface area contributed by atoms with E-state index in [2.05, 4.69) is 15.4 Å². The molecular formula is C16H20N4O3. The summed E-state index contributed by atoms with van der Waals surface area (Å²) in [6, 6.07) is 3.37. The number of pyridine rings is 1. The molecule has 7 heteroatoms. The molecule has 3 heterocycles. The van der Waals surface area contributed by atoms with Crippen LogP contribution in [0.3, 0.4) is 0 Å². The molecule has 0 spiro atoms. The van der Waals surface area contributed by atoms with Crippen LogP contribution in [0.1, 0.15) is 23.2 Å². The summed E-state index contributed by atoms with van der Waals surface area (Å²) < 4.78 is 12.3. The predicted octanol–water partition coefficient (Wildman–Crippen LogP) is 1.97. The number of ether oxygens (including phenoxy) is 2. The van der Waals surface area contributed by atoms with Crippen LogP contribution in [0.15, 0.2) is 30.7 Å². The quantitative estimate of drug-likeness (QED) is 0.912. The van der Waals surface area contributed by atoms with Gasteiger partial charge in [-0.3, -0.25) is 9.48 Å². The van der Waals surface area contributed by atoms with Gasteiger partial charge in [0.2, 0.25) is 5.88 Å². The van der Waals surface area contributed by atoms with Crippen molar-refractivity contribution >= 4 is 11.6 Å². The Hall–Kier alpha value is -2.41. The number of carbonyl (C=O) groups is 1. The zero-order chi connectivity index (χ0) is 16.1. The van der Waals surface area contributed by atoms with Gasteiger partial charge in [0.05, 0.1) is 19.0 Å². The van der Waals surface area contributed by atoms with Crippen LogP contribution in [0.5, 0.6) is 5.88 Å². The molecule has 1 amide bonds. The Labute approximate surface area is 134 Å². The Morgan fingerprint density at radius 2 is 2.30 bits per heavy atom. The van der Waals surface area contributed by atoms with E-state index >= 15 is 0 Å². The summed E-state index contributed by atoms with van der Waals surface area (Å²) in [4.78, 5) is 16.3. The first-order valence-electron chi connectivity index (χ1n) is 7.67. The topological polar surface area (TPSA) is 78.3 Å². The van der Waals surface area contributed by atoms with Gasteiger partial charge in [-0.15, -0.1) is 0 Å². The number of carbonyl (C=O) groups excluding carboxylic acids is 1. The SMILES string of the molecule is COc1ncccc1C(=O)Nc1cnn(CC2CCOCC2)c1. The molecule has 1 fully saturated rings. The van der Waals surface area contributed by atoms with Crippen LogP contribution in [-0.4, -0.2) is 41.0 Å². The fourth-order valence-electron chi connectivity index (χ4n) is 2.65. The van der Waals surface area contributed by atoms with Crippen molar-refractivity contribution in [3.63, 3.8) is 0 Å². The molecule has 0 radical (unpaired) electrons. The van der Waals surface area contributed by atoms with Crippen LogP contribution >= 0.6 is 0 Å². The number of methoxy groups -OCH3 is 1. The molecule has 7 nitrogen and oxygen atoms in total. The van der Waals surface area contributed by atoms with Gasteiger partial charge in [0.1, 0.15) is 5.56 Å². The lowest BCUT2D eigenvalue weighted by atomic mass is 10.0. The minimum atomic E-state index is -0.263. The standard InChI is InChI=1S/C16H20N4O3/c1-22-16-14(3-2-6-17-16)15(21)19-13-9-18-20(11-13)10-12-4-7-23-8-5-12/h2-3,6,9,11-12H,4-5,7-8,10H2,1H3,(H,19,21). The van der Waals surface area contributed by atoms with Gasteiger partial charge in [0, 0.05) is 32.2 Å². The highest BCUT2D eigenvalue weighted by molar-refractivity contribution is 6.05. The maximum atomic E-state index is 12.3. The summed E-state index contributed by atoms with van der Waals surface area (Å²) in [7, 11) is 1.49. The highest BCUT2D eigenvalue weighted by Gasteiger charge is 2.16. The van der Waals surface area contributed by atoms with Crippen molar-refractivity contribution < 1.29 is 14.3 Å². The second-order valence-electron chi connectivity index (χ2n) is 5.52. The van der Waals surface area contributed by atoms with Crippen molar-refractivity contribution in [2.75, 3.05) is 25.6 Å². The molecule has 2 aromatic rings. The first kappa shape index (κ1) is 15.5. The van der Waals surface area contributed by atoms with Gasteiger partial charge in [0.15, 0.2) is 0 Å². The summed E-state index contributed by atoms with van der Waals surface area (Å²) in [6.45, 7) is 2.47. The number of aromatic nitrogens is 3. The molecule has 0 unspecified atom stereocenters. The Bertz CT molecular complexity index is 665. The van der Waals surface area contributed by atoms with Crippen LogP contribution in [0.4, 0.5) is 5.69 Å². The van der Waals surface area contributed by atoms with Crippen LogP contribution in [0.25, 0.3) is 0 Å². The molecular weight excluding hydrogens is 296 g/mol. The van der Waals surface area contributed by atoms with E-state index in [1.54, 1.807) is 24.5 Å². The van der Waals surface area contributed by atoms with Gasteiger partial charge in [-0.2, -0.15) is 5.10 Å². The van der Waals surface area contributed by atoms with Crippen LogP contribution in [0.2, 0.25) is 0 Å². The van der Waals surface area contributed by atoms with Gasteiger partial charge in [-0.25, -0.2) is 4.98 Å². The molecule has 0 bridgehead atoms. The first-order valence-corrected chi connectivity index (χ1v) is 7.67. The number of nitrogens with one attached hydrogen (secondary N) is 1. The van der Waals surface area contributed by atoms with E-state index in [1.807, 2.05) is 10.9 Å². The third-order valence-corrected chi connectivity index (χ3v) is 3.89. The number of anilines is 1. The minimum absolute atomic E-state index is 0.263. The van der Waals surface area contributed by atoms with Crippen LogP contribution < -0.4 is 10.1 Å². The summed E-state index contributed by atoms with van der Waals surface area (Å²) in [6.07, 6.45) is 7.18. The fraction of sp³-hybridized carbons (Fsp3) is 0.438. The van der Waals surface area contributed by atoms with Gasteiger partial charge in [0.25, 0.3) is 5.91 Å². The van der Waals surface area contributed by atoms with Crippen molar-refractivity contribution in [2.45, 2.75) is 19.4 Å². The number of hydrogen-bond donors (Lipinski definition) is 1. The number of nitrogens with zero attached hydrogens (tertiary/aromatic N) is 3. The molecule has 3 rings (SSSR count). The average molecular weight is 316 g/mol. The summed E-state index contributed by atoms with van der Waals surface area (Å²) >= 11 is 0. The Morgan fingerprint density at radius 1 is 1.48 bits per heavy atom. The van der Waals surface area contributed by atoms with Gasteiger partial charge < -0.3 is 14.8 Å². The molecule has 1 aliphatic rings. The molecule has 1 saturated heterocycles. The maximum Gasteiger partial charge on any atom is 0.261 e. The molecule has 1 N–H and O–H groups in total. The van der Waals surface area contributed by atoms with Gasteiger partial charge >= 0.3 is 0 Å². The largest absolute Gasteiger partial charge is 0.480 e. The van der Waals surface area contributed by atoms with Crippen molar-refractivity contribution in [3.05, 3.63) is 36.3 Å². The molecule has 23 heavy (non-hydrogen) atoms. The highest BCUT2D eigenvalue weighted by atomic mass is 16.5. The number of amides is 1. The van der Waals surface area contributed by atoms with Crippen molar-refractivity contribution in [3.8, 4) is 5.88 Å². The number of rotatable bonds is 5. The fourth-order valence-corrected chi connectivity index (χ4v) is 2.65. The third kappa shape index (κ3) is 3.87. The van der Waals surface area contributed by atoms with E-state index < -0.39 is 0 Å². The lowest BCUT2D eigenvalue weighted by Gasteiger charge is -2.21. The molecule has 1 aliphatic heterocycles. The Balaban J connectivity index is 1.63. The van der Waals surface area contributed by atoms with E-state index in [0.29, 0.717) is 23.0 Å². The minimum Gasteiger partial charge on any atom is -0.480 e. The van der Waals surface area contributed by atoms with Gasteiger partial charge in [-0.05, 0) is 30.9 Å². The van der Waals surface area contributed by atoms with E-state index in [4.69, 9.17) is 9.47 Å². The van der Waals surface area contributed by atoms with Crippen molar-refractivity contribution in [1.29, 1.82) is 0 Å². The van der Waals surface area contributed by atoms with Crippen molar-refractivity contribution in [1.82, 2.24) is 14.8 Å².